The molecular formula is C18H21BrClN5O2. The maximum absolute atomic E-state index is 12.5. The number of carbonyl (C=O) groups excluding carboxylic acids is 2. The molecule has 2 amide bonds. The Hall–Kier alpha value is -1.90. The van der Waals surface area contributed by atoms with E-state index >= 15 is 0 Å². The third-order valence-corrected chi connectivity index (χ3v) is 5.49. The number of amides is 2. The first kappa shape index (κ1) is 19.9. The number of hydrogen-bond donors (Lipinski definition) is 3. The van der Waals surface area contributed by atoms with Gasteiger partial charge in [0.15, 0.2) is 5.69 Å². The van der Waals surface area contributed by atoms with Crippen molar-refractivity contribution in [1.29, 1.82) is 0 Å². The number of rotatable bonds is 6. The van der Waals surface area contributed by atoms with Crippen LogP contribution in [-0.2, 0) is 0 Å². The molecule has 2 heterocycles. The second-order valence-corrected chi connectivity index (χ2v) is 7.78. The number of nitrogens with zero attached hydrogens (tertiary/aromatic N) is 2. The molecule has 1 atom stereocenters. The zero-order chi connectivity index (χ0) is 19.4. The van der Waals surface area contributed by atoms with E-state index in [2.05, 4.69) is 41.7 Å². The molecule has 0 aliphatic carbocycles. The molecule has 3 N–H and O–H groups in total. The number of hydrogen-bond acceptors (Lipinski definition) is 4. The van der Waals surface area contributed by atoms with Crippen LogP contribution in [-0.4, -0.2) is 52.6 Å². The quantitative estimate of drug-likeness (QED) is 0.625. The zero-order valence-electron chi connectivity index (χ0n) is 14.9. The van der Waals surface area contributed by atoms with E-state index < -0.39 is 0 Å². The second-order valence-electron chi connectivity index (χ2n) is 6.58. The van der Waals surface area contributed by atoms with Crippen LogP contribution in [0.1, 0.15) is 40.6 Å². The van der Waals surface area contributed by atoms with Crippen molar-refractivity contribution in [2.75, 3.05) is 25.0 Å². The van der Waals surface area contributed by atoms with Gasteiger partial charge in [-0.3, -0.25) is 14.7 Å². The van der Waals surface area contributed by atoms with Crippen molar-refractivity contribution < 1.29 is 9.59 Å². The summed E-state index contributed by atoms with van der Waals surface area (Å²) in [6.07, 6.45) is 2.42. The number of nitrogens with one attached hydrogen (secondary N) is 3. The molecule has 0 radical (unpaired) electrons. The Morgan fingerprint density at radius 3 is 2.70 bits per heavy atom. The average molecular weight is 455 g/mol. The van der Waals surface area contributed by atoms with Crippen molar-refractivity contribution in [3.05, 3.63) is 45.0 Å². The number of aromatic nitrogens is 2. The van der Waals surface area contributed by atoms with Gasteiger partial charge in [-0.1, -0.05) is 23.7 Å². The van der Waals surface area contributed by atoms with E-state index in [1.54, 1.807) is 24.3 Å². The highest BCUT2D eigenvalue weighted by Crippen LogP contribution is 2.25. The highest BCUT2D eigenvalue weighted by molar-refractivity contribution is 9.10. The largest absolute Gasteiger partial charge is 0.347 e. The van der Waals surface area contributed by atoms with E-state index in [9.17, 15) is 9.59 Å². The van der Waals surface area contributed by atoms with Gasteiger partial charge in [-0.2, -0.15) is 5.10 Å². The van der Waals surface area contributed by atoms with Crippen molar-refractivity contribution in [1.82, 2.24) is 20.4 Å². The average Bonchev–Trinajstić information content (AvgIpc) is 3.25. The molecule has 27 heavy (non-hydrogen) atoms. The van der Waals surface area contributed by atoms with Crippen molar-refractivity contribution in [2.45, 2.75) is 25.8 Å². The number of carbonyl (C=O) groups is 2. The maximum Gasteiger partial charge on any atom is 0.273 e. The van der Waals surface area contributed by atoms with Crippen LogP contribution < -0.4 is 10.6 Å². The van der Waals surface area contributed by atoms with Gasteiger partial charge in [-0.05, 0) is 60.9 Å². The van der Waals surface area contributed by atoms with Gasteiger partial charge in [0, 0.05) is 12.6 Å². The first-order chi connectivity index (χ1) is 13.0. The van der Waals surface area contributed by atoms with Crippen LogP contribution in [0.15, 0.2) is 28.7 Å². The first-order valence-electron chi connectivity index (χ1n) is 8.78. The molecule has 1 saturated heterocycles. The lowest BCUT2D eigenvalue weighted by Crippen LogP contribution is -2.41. The molecule has 0 bridgehead atoms. The number of likely N-dealkylation sites (tertiary alicyclic amines) is 1. The summed E-state index contributed by atoms with van der Waals surface area (Å²) in [6.45, 7) is 4.93. The molecule has 1 fully saturated rings. The van der Waals surface area contributed by atoms with Crippen molar-refractivity contribution in [2.24, 2.45) is 0 Å². The molecule has 1 aliphatic heterocycles. The van der Waals surface area contributed by atoms with Crippen molar-refractivity contribution in [3.8, 4) is 0 Å². The molecule has 1 unspecified atom stereocenters. The van der Waals surface area contributed by atoms with Gasteiger partial charge >= 0.3 is 0 Å². The van der Waals surface area contributed by atoms with E-state index in [-0.39, 0.29) is 23.6 Å². The van der Waals surface area contributed by atoms with Crippen LogP contribution in [0.2, 0.25) is 5.02 Å². The fraction of sp³-hybridized carbons (Fsp3) is 0.389. The summed E-state index contributed by atoms with van der Waals surface area (Å²) in [5.41, 5.74) is 0.531. The van der Waals surface area contributed by atoms with Crippen LogP contribution in [0.4, 0.5) is 5.82 Å². The van der Waals surface area contributed by atoms with E-state index in [0.717, 1.165) is 19.6 Å². The summed E-state index contributed by atoms with van der Waals surface area (Å²) in [5.74, 6) is -0.389. The van der Waals surface area contributed by atoms with Gasteiger partial charge in [0.2, 0.25) is 0 Å². The minimum atomic E-state index is -0.390. The molecular weight excluding hydrogens is 434 g/mol. The maximum atomic E-state index is 12.5. The van der Waals surface area contributed by atoms with Gasteiger partial charge in [0.05, 0.1) is 15.1 Å². The van der Waals surface area contributed by atoms with E-state index in [0.29, 0.717) is 20.9 Å². The highest BCUT2D eigenvalue weighted by Gasteiger charge is 2.22. The molecule has 1 aromatic carbocycles. The first-order valence-corrected chi connectivity index (χ1v) is 9.95. The Labute approximate surface area is 171 Å². The molecule has 2 aromatic rings. The zero-order valence-corrected chi connectivity index (χ0v) is 17.2. The number of H-pyrrole nitrogens is 1. The summed E-state index contributed by atoms with van der Waals surface area (Å²) >= 11 is 9.38. The Balaban J connectivity index is 1.63. The van der Waals surface area contributed by atoms with Crippen LogP contribution in [0.5, 0.6) is 0 Å². The normalized spacial score (nSPS) is 15.5. The van der Waals surface area contributed by atoms with Gasteiger partial charge in [0.1, 0.15) is 5.82 Å². The fourth-order valence-electron chi connectivity index (χ4n) is 3.08. The fourth-order valence-corrected chi connectivity index (χ4v) is 3.76. The van der Waals surface area contributed by atoms with E-state index in [1.807, 2.05) is 6.92 Å². The summed E-state index contributed by atoms with van der Waals surface area (Å²) in [6, 6.07) is 6.73. The minimum Gasteiger partial charge on any atom is -0.347 e. The molecule has 7 nitrogen and oxygen atoms in total. The SMILES string of the molecule is CC(CN1CCCC1)NC(=O)c1n[nH]c(NC(=O)c2ccccc2Cl)c1Br. The summed E-state index contributed by atoms with van der Waals surface area (Å²) < 4.78 is 0.397. The molecule has 1 aromatic heterocycles. The van der Waals surface area contributed by atoms with Gasteiger partial charge < -0.3 is 15.5 Å². The lowest BCUT2D eigenvalue weighted by atomic mass is 10.2. The summed E-state index contributed by atoms with van der Waals surface area (Å²) in [4.78, 5) is 27.2. The lowest BCUT2D eigenvalue weighted by molar-refractivity contribution is 0.0925. The van der Waals surface area contributed by atoms with Gasteiger partial charge in [0.25, 0.3) is 11.8 Å². The van der Waals surface area contributed by atoms with Crippen LogP contribution in [0.3, 0.4) is 0 Å². The lowest BCUT2D eigenvalue weighted by Gasteiger charge is -2.20. The Morgan fingerprint density at radius 2 is 2.00 bits per heavy atom. The summed E-state index contributed by atoms with van der Waals surface area (Å²) in [7, 11) is 0. The monoisotopic (exact) mass is 453 g/mol. The third-order valence-electron chi connectivity index (χ3n) is 4.39. The van der Waals surface area contributed by atoms with Gasteiger partial charge in [-0.15, -0.1) is 0 Å². The predicted octanol–water partition coefficient (Wildman–Crippen LogP) is 3.29. The predicted molar refractivity (Wildman–Crippen MR) is 108 cm³/mol. The molecule has 0 saturated carbocycles. The smallest absolute Gasteiger partial charge is 0.273 e. The highest BCUT2D eigenvalue weighted by atomic mass is 79.9. The third kappa shape index (κ3) is 4.88. The number of halogens is 2. The Kier molecular flexibility index (Phi) is 6.51. The van der Waals surface area contributed by atoms with Crippen LogP contribution in [0.25, 0.3) is 0 Å². The van der Waals surface area contributed by atoms with E-state index in [1.165, 1.54) is 12.8 Å². The molecule has 0 spiro atoms. The molecule has 1 aliphatic rings. The number of aromatic amines is 1. The van der Waals surface area contributed by atoms with Crippen LogP contribution in [0, 0.1) is 0 Å². The number of benzene rings is 1. The van der Waals surface area contributed by atoms with Crippen molar-refractivity contribution in [3.63, 3.8) is 0 Å². The van der Waals surface area contributed by atoms with E-state index in [4.69, 9.17) is 11.6 Å². The second kappa shape index (κ2) is 8.86. The topological polar surface area (TPSA) is 90.1 Å². The summed E-state index contributed by atoms with van der Waals surface area (Å²) in [5, 5.41) is 12.7. The van der Waals surface area contributed by atoms with Crippen LogP contribution >= 0.6 is 27.5 Å². The standard InChI is InChI=1S/C18H21BrClN5O2/c1-11(10-25-8-4-5-9-25)21-18(27)15-14(19)16(24-23-15)22-17(26)12-6-2-3-7-13(12)20/h2-3,6-7,11H,4-5,8-10H2,1H3,(H,21,27)(H2,22,23,24,26). The van der Waals surface area contributed by atoms with Crippen molar-refractivity contribution >= 4 is 45.2 Å². The Bertz CT molecular complexity index is 835. The molecule has 3 rings (SSSR count). The molecule has 9 heteroatoms. The minimum absolute atomic E-state index is 0.000339. The number of anilines is 1. The van der Waals surface area contributed by atoms with Gasteiger partial charge in [-0.25, -0.2) is 0 Å². The Morgan fingerprint density at radius 1 is 1.30 bits per heavy atom. The molecule has 144 valence electrons.